The number of ether oxygens (including phenoxy) is 1. The Kier molecular flexibility index (Phi) is 4.50. The van der Waals surface area contributed by atoms with Gasteiger partial charge in [0.05, 0.1) is 5.69 Å². The number of aryl methyl sites for hydroxylation is 1. The first-order valence-electron chi connectivity index (χ1n) is 5.36. The van der Waals surface area contributed by atoms with Gasteiger partial charge in [-0.15, -0.1) is 0 Å². The van der Waals surface area contributed by atoms with Crippen molar-refractivity contribution in [1.82, 2.24) is 9.78 Å². The number of hydrogen-bond donors (Lipinski definition) is 1. The Bertz CT molecular complexity index is 505. The molecule has 0 aliphatic carbocycles. The minimum absolute atomic E-state index is 0.149. The first-order valence-corrected chi connectivity index (χ1v) is 6.48. The highest BCUT2D eigenvalue weighted by atomic mass is 79.9. The number of hydrogen-bond acceptors (Lipinski definition) is 4. The standard InChI is InChI=1S/C11H16BrN3O3/c1-11(2,3)18-10(17)13-8-5-7(6-12)14-15(4)9(8)16/h5H,6H2,1-4H3,(H,13,17). The monoisotopic (exact) mass is 317 g/mol. The van der Waals surface area contributed by atoms with Crippen LogP contribution in [0.25, 0.3) is 0 Å². The number of carbonyl (C=O) groups excluding carboxylic acids is 1. The maximum absolute atomic E-state index is 11.8. The molecular formula is C11H16BrN3O3. The number of halogens is 1. The fourth-order valence-corrected chi connectivity index (χ4v) is 1.51. The average molecular weight is 318 g/mol. The lowest BCUT2D eigenvalue weighted by Gasteiger charge is -2.19. The number of rotatable bonds is 2. The number of alkyl halides is 1. The van der Waals surface area contributed by atoms with Gasteiger partial charge in [-0.3, -0.25) is 10.1 Å². The summed E-state index contributed by atoms with van der Waals surface area (Å²) in [5.74, 6) is 0. The lowest BCUT2D eigenvalue weighted by molar-refractivity contribution is 0.0635. The number of carbonyl (C=O) groups is 1. The van der Waals surface area contributed by atoms with E-state index in [9.17, 15) is 9.59 Å². The van der Waals surface area contributed by atoms with Gasteiger partial charge in [-0.25, -0.2) is 9.48 Å². The Labute approximate surface area is 113 Å². The second-order valence-electron chi connectivity index (χ2n) is 4.74. The molecule has 1 rings (SSSR count). The molecule has 0 atom stereocenters. The van der Waals surface area contributed by atoms with Crippen molar-refractivity contribution < 1.29 is 9.53 Å². The van der Waals surface area contributed by atoms with E-state index >= 15 is 0 Å². The molecule has 0 aromatic carbocycles. The summed E-state index contributed by atoms with van der Waals surface area (Å²) in [5.41, 5.74) is -0.203. The third-order valence-electron chi connectivity index (χ3n) is 1.89. The van der Waals surface area contributed by atoms with Crippen LogP contribution in [-0.4, -0.2) is 21.5 Å². The van der Waals surface area contributed by atoms with Gasteiger partial charge in [-0.2, -0.15) is 5.10 Å². The van der Waals surface area contributed by atoms with Gasteiger partial charge in [0.25, 0.3) is 5.56 Å². The van der Waals surface area contributed by atoms with Crippen molar-refractivity contribution in [3.05, 3.63) is 22.1 Å². The third-order valence-corrected chi connectivity index (χ3v) is 2.46. The van der Waals surface area contributed by atoms with Gasteiger partial charge in [0.2, 0.25) is 0 Å². The summed E-state index contributed by atoms with van der Waals surface area (Å²) >= 11 is 3.24. The van der Waals surface area contributed by atoms with E-state index in [0.717, 1.165) is 0 Å². The summed E-state index contributed by atoms with van der Waals surface area (Å²) in [6.45, 7) is 5.25. The topological polar surface area (TPSA) is 73.2 Å². The van der Waals surface area contributed by atoms with Crippen molar-refractivity contribution >= 4 is 27.7 Å². The SMILES string of the molecule is Cn1nc(CBr)cc(NC(=O)OC(C)(C)C)c1=O. The first-order chi connectivity index (χ1) is 8.23. The van der Waals surface area contributed by atoms with Crippen LogP contribution in [0, 0.1) is 0 Å². The molecule has 7 heteroatoms. The van der Waals surface area contributed by atoms with Gasteiger partial charge in [-0.1, -0.05) is 15.9 Å². The zero-order valence-electron chi connectivity index (χ0n) is 10.8. The maximum atomic E-state index is 11.8. The number of nitrogens with zero attached hydrogens (tertiary/aromatic N) is 2. The van der Waals surface area contributed by atoms with E-state index in [-0.39, 0.29) is 11.2 Å². The van der Waals surface area contributed by atoms with E-state index in [1.54, 1.807) is 20.8 Å². The molecule has 0 aliphatic heterocycles. The van der Waals surface area contributed by atoms with Crippen molar-refractivity contribution in [2.45, 2.75) is 31.7 Å². The largest absolute Gasteiger partial charge is 0.444 e. The van der Waals surface area contributed by atoms with Crippen LogP contribution in [0.2, 0.25) is 0 Å². The zero-order chi connectivity index (χ0) is 13.9. The molecule has 1 N–H and O–H groups in total. The average Bonchev–Trinajstić information content (AvgIpc) is 2.21. The minimum atomic E-state index is -0.661. The molecule has 100 valence electrons. The second-order valence-corrected chi connectivity index (χ2v) is 5.30. The number of anilines is 1. The molecule has 0 saturated carbocycles. The summed E-state index contributed by atoms with van der Waals surface area (Å²) in [7, 11) is 1.52. The fourth-order valence-electron chi connectivity index (χ4n) is 1.24. The Morgan fingerprint density at radius 2 is 2.17 bits per heavy atom. The van der Waals surface area contributed by atoms with Crippen LogP contribution in [0.5, 0.6) is 0 Å². The van der Waals surface area contributed by atoms with Gasteiger partial charge in [0, 0.05) is 12.4 Å². The second kappa shape index (κ2) is 5.51. The molecule has 0 bridgehead atoms. The highest BCUT2D eigenvalue weighted by Gasteiger charge is 2.17. The van der Waals surface area contributed by atoms with Crippen molar-refractivity contribution in [2.75, 3.05) is 5.32 Å². The van der Waals surface area contributed by atoms with Crippen LogP contribution in [0.3, 0.4) is 0 Å². The highest BCUT2D eigenvalue weighted by molar-refractivity contribution is 9.08. The van der Waals surface area contributed by atoms with Crippen molar-refractivity contribution in [3.63, 3.8) is 0 Å². The molecule has 0 aliphatic rings. The Morgan fingerprint density at radius 3 is 2.67 bits per heavy atom. The molecule has 0 radical (unpaired) electrons. The van der Waals surface area contributed by atoms with Crippen LogP contribution in [-0.2, 0) is 17.1 Å². The molecule has 0 unspecified atom stereocenters. The Balaban J connectivity index is 2.94. The van der Waals surface area contributed by atoms with Crippen LogP contribution < -0.4 is 10.9 Å². The van der Waals surface area contributed by atoms with Gasteiger partial charge in [0.1, 0.15) is 11.3 Å². The predicted octanol–water partition coefficient (Wildman–Crippen LogP) is 2.02. The summed E-state index contributed by atoms with van der Waals surface area (Å²) in [6.07, 6.45) is -0.661. The van der Waals surface area contributed by atoms with Crippen molar-refractivity contribution in [1.29, 1.82) is 0 Å². The lowest BCUT2D eigenvalue weighted by atomic mass is 10.2. The smallest absolute Gasteiger partial charge is 0.412 e. The van der Waals surface area contributed by atoms with Crippen molar-refractivity contribution in [2.24, 2.45) is 7.05 Å². The molecule has 6 nitrogen and oxygen atoms in total. The normalized spacial score (nSPS) is 11.2. The molecule has 1 heterocycles. The van der Waals surface area contributed by atoms with Crippen LogP contribution >= 0.6 is 15.9 Å². The molecule has 0 spiro atoms. The highest BCUT2D eigenvalue weighted by Crippen LogP contribution is 2.10. The van der Waals surface area contributed by atoms with Crippen molar-refractivity contribution in [3.8, 4) is 0 Å². The molecule has 0 saturated heterocycles. The van der Waals surface area contributed by atoms with E-state index in [2.05, 4.69) is 26.3 Å². The zero-order valence-corrected chi connectivity index (χ0v) is 12.4. The quantitative estimate of drug-likeness (QED) is 0.847. The summed E-state index contributed by atoms with van der Waals surface area (Å²) < 4.78 is 6.25. The molecule has 1 aromatic rings. The van der Waals surface area contributed by atoms with E-state index < -0.39 is 11.7 Å². The fraction of sp³-hybridized carbons (Fsp3) is 0.545. The van der Waals surface area contributed by atoms with Gasteiger partial charge >= 0.3 is 6.09 Å². The Morgan fingerprint density at radius 1 is 1.56 bits per heavy atom. The number of nitrogens with one attached hydrogen (secondary N) is 1. The first kappa shape index (κ1) is 14.7. The van der Waals surface area contributed by atoms with E-state index in [0.29, 0.717) is 11.0 Å². The molecule has 18 heavy (non-hydrogen) atoms. The maximum Gasteiger partial charge on any atom is 0.412 e. The van der Waals surface area contributed by atoms with E-state index in [1.165, 1.54) is 17.8 Å². The van der Waals surface area contributed by atoms with Crippen LogP contribution in [0.15, 0.2) is 10.9 Å². The van der Waals surface area contributed by atoms with E-state index in [1.807, 2.05) is 0 Å². The summed E-state index contributed by atoms with van der Waals surface area (Å²) in [4.78, 5) is 23.3. The Hall–Kier alpha value is -1.37. The minimum Gasteiger partial charge on any atom is -0.444 e. The van der Waals surface area contributed by atoms with Gasteiger partial charge in [0.15, 0.2) is 0 Å². The van der Waals surface area contributed by atoms with Gasteiger partial charge < -0.3 is 4.74 Å². The summed E-state index contributed by atoms with van der Waals surface area (Å²) in [6, 6.07) is 1.51. The molecule has 0 fully saturated rings. The number of aromatic nitrogens is 2. The number of amides is 1. The van der Waals surface area contributed by atoms with E-state index in [4.69, 9.17) is 4.74 Å². The third kappa shape index (κ3) is 4.14. The lowest BCUT2D eigenvalue weighted by Crippen LogP contribution is -2.31. The van der Waals surface area contributed by atoms with Crippen LogP contribution in [0.1, 0.15) is 26.5 Å². The van der Waals surface area contributed by atoms with Gasteiger partial charge in [-0.05, 0) is 26.8 Å². The molecule has 1 aromatic heterocycles. The molecule has 1 amide bonds. The van der Waals surface area contributed by atoms with Crippen LogP contribution in [0.4, 0.5) is 10.5 Å². The summed E-state index contributed by atoms with van der Waals surface area (Å²) in [5, 5.41) is 6.92. The molecular weight excluding hydrogens is 302 g/mol. The predicted molar refractivity (Wildman–Crippen MR) is 72.0 cm³/mol.